The van der Waals surface area contributed by atoms with Gasteiger partial charge in [0.15, 0.2) is 6.10 Å². The smallest absolute Gasteiger partial charge is 0.251 e. The van der Waals surface area contributed by atoms with Gasteiger partial charge >= 0.3 is 0 Å². The van der Waals surface area contributed by atoms with Gasteiger partial charge in [0.2, 0.25) is 6.41 Å². The molecule has 0 aliphatic heterocycles. The average Bonchev–Trinajstić information content (AvgIpc) is 2.48. The Kier molecular flexibility index (Phi) is 7.03. The summed E-state index contributed by atoms with van der Waals surface area (Å²) < 4.78 is 0. The van der Waals surface area contributed by atoms with Crippen LogP contribution in [0.2, 0.25) is 5.02 Å². The minimum atomic E-state index is -1.29. The summed E-state index contributed by atoms with van der Waals surface area (Å²) in [7, 11) is 0. The van der Waals surface area contributed by atoms with E-state index in [1.54, 1.807) is 25.1 Å². The molecule has 0 spiro atoms. The first-order chi connectivity index (χ1) is 10.6. The topological polar surface area (TPSA) is 69.6 Å². The van der Waals surface area contributed by atoms with Gasteiger partial charge in [-0.15, -0.1) is 0 Å². The molecule has 0 fully saturated rings. The predicted molar refractivity (Wildman–Crippen MR) is 91.0 cm³/mol. The van der Waals surface area contributed by atoms with Crippen molar-refractivity contribution in [2.45, 2.75) is 46.4 Å². The highest BCUT2D eigenvalue weighted by molar-refractivity contribution is 6.30. The Morgan fingerprint density at radius 3 is 2.61 bits per heavy atom. The number of carbonyl (C=O) groups excluding carboxylic acids is 2. The summed E-state index contributed by atoms with van der Waals surface area (Å²) in [4.78, 5) is 24.8. The first-order valence-corrected chi connectivity index (χ1v) is 7.93. The van der Waals surface area contributed by atoms with E-state index in [1.807, 2.05) is 26.8 Å². The van der Waals surface area contributed by atoms with E-state index in [4.69, 9.17) is 11.6 Å². The second kappa shape index (κ2) is 8.31. The van der Waals surface area contributed by atoms with Crippen LogP contribution >= 0.6 is 11.6 Å². The van der Waals surface area contributed by atoms with E-state index in [2.05, 4.69) is 5.32 Å². The maximum atomic E-state index is 12.1. The Labute approximate surface area is 142 Å². The van der Waals surface area contributed by atoms with Gasteiger partial charge < -0.3 is 15.3 Å². The van der Waals surface area contributed by atoms with Gasteiger partial charge in [0.05, 0.1) is 6.04 Å². The maximum absolute atomic E-state index is 12.1. The number of hydrogen-bond donors (Lipinski definition) is 2. The number of aliphatic hydroxyl groups excluding tert-OH is 1. The molecule has 2 amide bonds. The number of benzene rings is 1. The minimum absolute atomic E-state index is 0.119. The third-order valence-electron chi connectivity index (χ3n) is 3.40. The molecule has 23 heavy (non-hydrogen) atoms. The van der Waals surface area contributed by atoms with Gasteiger partial charge in [0, 0.05) is 18.1 Å². The van der Waals surface area contributed by atoms with E-state index in [9.17, 15) is 14.7 Å². The van der Waals surface area contributed by atoms with Crippen molar-refractivity contribution in [3.05, 3.63) is 34.9 Å². The maximum Gasteiger partial charge on any atom is 0.251 e. The van der Waals surface area contributed by atoms with E-state index in [0.717, 1.165) is 5.56 Å². The number of nitrogens with zero attached hydrogens (tertiary/aromatic N) is 1. The number of amides is 2. The van der Waals surface area contributed by atoms with Crippen molar-refractivity contribution in [2.24, 2.45) is 5.41 Å². The molecule has 0 aromatic heterocycles. The van der Waals surface area contributed by atoms with Crippen LogP contribution in [0.3, 0.4) is 0 Å². The van der Waals surface area contributed by atoms with Crippen molar-refractivity contribution in [3.8, 4) is 0 Å². The van der Waals surface area contributed by atoms with E-state index >= 15 is 0 Å². The van der Waals surface area contributed by atoms with Crippen molar-refractivity contribution in [3.63, 3.8) is 0 Å². The number of hydrogen-bond acceptors (Lipinski definition) is 3. The molecule has 128 valence electrons. The standard InChI is InChI=1S/C17H25ClN2O3/c1-12(20(11-21)10-17(2,3)4)15(22)16(23)19-9-13-6-5-7-14(18)8-13/h5-8,11-12,15,22H,9-10H2,1-4H3,(H,19,23). The third-order valence-corrected chi connectivity index (χ3v) is 3.63. The van der Waals surface area contributed by atoms with Crippen molar-refractivity contribution < 1.29 is 14.7 Å². The highest BCUT2D eigenvalue weighted by Crippen LogP contribution is 2.17. The van der Waals surface area contributed by atoms with Crippen LogP contribution in [-0.4, -0.2) is 41.0 Å². The monoisotopic (exact) mass is 340 g/mol. The Balaban J connectivity index is 2.62. The fraction of sp³-hybridized carbons (Fsp3) is 0.529. The number of halogens is 1. The van der Waals surface area contributed by atoms with Crippen molar-refractivity contribution in [1.29, 1.82) is 0 Å². The number of nitrogens with one attached hydrogen (secondary N) is 1. The Morgan fingerprint density at radius 1 is 1.43 bits per heavy atom. The molecular weight excluding hydrogens is 316 g/mol. The van der Waals surface area contributed by atoms with Crippen LogP contribution in [0, 0.1) is 5.41 Å². The van der Waals surface area contributed by atoms with Gasteiger partial charge in [-0.1, -0.05) is 44.5 Å². The zero-order valence-electron chi connectivity index (χ0n) is 14.0. The summed E-state index contributed by atoms with van der Waals surface area (Å²) in [6, 6.07) is 6.51. The Bertz CT molecular complexity index is 543. The SMILES string of the molecule is CC(C(O)C(=O)NCc1cccc(Cl)c1)N(C=O)CC(C)(C)C. The fourth-order valence-electron chi connectivity index (χ4n) is 2.17. The lowest BCUT2D eigenvalue weighted by atomic mass is 9.95. The average molecular weight is 341 g/mol. The molecule has 5 nitrogen and oxygen atoms in total. The summed E-state index contributed by atoms with van der Waals surface area (Å²) in [5.41, 5.74) is 0.722. The van der Waals surface area contributed by atoms with Crippen LogP contribution in [0.15, 0.2) is 24.3 Å². The normalized spacial score (nSPS) is 14.0. The van der Waals surface area contributed by atoms with Crippen LogP contribution in [0.25, 0.3) is 0 Å². The molecule has 1 rings (SSSR count). The molecule has 6 heteroatoms. The van der Waals surface area contributed by atoms with Gasteiger partial charge in [-0.3, -0.25) is 9.59 Å². The largest absolute Gasteiger partial charge is 0.381 e. The molecule has 0 saturated heterocycles. The molecule has 0 aliphatic carbocycles. The minimum Gasteiger partial charge on any atom is -0.381 e. The molecule has 2 N–H and O–H groups in total. The molecule has 1 aromatic rings. The van der Waals surface area contributed by atoms with Crippen LogP contribution < -0.4 is 5.32 Å². The summed E-state index contributed by atoms with van der Waals surface area (Å²) in [6.45, 7) is 8.34. The van der Waals surface area contributed by atoms with Gasteiger partial charge in [-0.05, 0) is 30.0 Å². The molecule has 0 radical (unpaired) electrons. The van der Waals surface area contributed by atoms with Crippen molar-refractivity contribution in [1.82, 2.24) is 10.2 Å². The number of carbonyl (C=O) groups is 2. The van der Waals surface area contributed by atoms with Gasteiger partial charge in [-0.2, -0.15) is 0 Å². The van der Waals surface area contributed by atoms with Crippen LogP contribution in [0.1, 0.15) is 33.3 Å². The van der Waals surface area contributed by atoms with Crippen molar-refractivity contribution in [2.75, 3.05) is 6.54 Å². The molecule has 1 aromatic carbocycles. The highest BCUT2D eigenvalue weighted by atomic mass is 35.5. The molecule has 0 aliphatic rings. The number of aliphatic hydroxyl groups is 1. The molecular formula is C17H25ClN2O3. The Morgan fingerprint density at radius 2 is 2.09 bits per heavy atom. The second-order valence-corrected chi connectivity index (χ2v) is 7.31. The van der Waals surface area contributed by atoms with E-state index in [0.29, 0.717) is 18.0 Å². The highest BCUT2D eigenvalue weighted by Gasteiger charge is 2.29. The molecule has 0 heterocycles. The van der Waals surface area contributed by atoms with Gasteiger partial charge in [-0.25, -0.2) is 0 Å². The zero-order valence-corrected chi connectivity index (χ0v) is 14.8. The third kappa shape index (κ3) is 6.59. The van der Waals surface area contributed by atoms with Gasteiger partial charge in [0.25, 0.3) is 5.91 Å². The summed E-state index contributed by atoms with van der Waals surface area (Å²) in [5, 5.41) is 13.4. The lowest BCUT2D eigenvalue weighted by Crippen LogP contribution is -2.50. The first kappa shape index (κ1) is 19.5. The fourth-order valence-corrected chi connectivity index (χ4v) is 2.38. The van der Waals surface area contributed by atoms with E-state index in [1.165, 1.54) is 4.90 Å². The quantitative estimate of drug-likeness (QED) is 0.748. The number of rotatable bonds is 7. The van der Waals surface area contributed by atoms with Crippen molar-refractivity contribution >= 4 is 23.9 Å². The molecule has 0 bridgehead atoms. The zero-order chi connectivity index (χ0) is 17.6. The predicted octanol–water partition coefficient (Wildman–Crippen LogP) is 2.21. The van der Waals surface area contributed by atoms with Crippen LogP contribution in [-0.2, 0) is 16.1 Å². The molecule has 2 atom stereocenters. The summed E-state index contributed by atoms with van der Waals surface area (Å²) in [5.74, 6) is -0.516. The van der Waals surface area contributed by atoms with Crippen LogP contribution in [0.4, 0.5) is 0 Å². The molecule has 0 saturated carbocycles. The van der Waals surface area contributed by atoms with Gasteiger partial charge in [0.1, 0.15) is 0 Å². The lowest BCUT2D eigenvalue weighted by Gasteiger charge is -2.33. The Hall–Kier alpha value is -1.59. The van der Waals surface area contributed by atoms with E-state index < -0.39 is 18.1 Å². The summed E-state index contributed by atoms with van der Waals surface area (Å²) >= 11 is 5.89. The lowest BCUT2D eigenvalue weighted by molar-refractivity contribution is -0.136. The molecule has 2 unspecified atom stereocenters. The summed E-state index contributed by atoms with van der Waals surface area (Å²) in [6.07, 6.45) is -0.620. The van der Waals surface area contributed by atoms with E-state index in [-0.39, 0.29) is 12.0 Å². The first-order valence-electron chi connectivity index (χ1n) is 7.55. The van der Waals surface area contributed by atoms with Crippen LogP contribution in [0.5, 0.6) is 0 Å². The second-order valence-electron chi connectivity index (χ2n) is 6.87.